The van der Waals surface area contributed by atoms with Crippen LogP contribution in [0.15, 0.2) is 5.28 Å². The van der Waals surface area contributed by atoms with Gasteiger partial charge in [-0.2, -0.15) is 0 Å². The topological polar surface area (TPSA) is 87.9 Å². The summed E-state index contributed by atoms with van der Waals surface area (Å²) < 4.78 is 0. The van der Waals surface area contributed by atoms with Gasteiger partial charge in [-0.25, -0.2) is 0 Å². The quantitative estimate of drug-likeness (QED) is 0.358. The Morgan fingerprint density at radius 2 is 2.25 bits per heavy atom. The molecule has 6 nitrogen and oxygen atoms in total. The first-order valence-corrected chi connectivity index (χ1v) is 4.00. The lowest BCUT2D eigenvalue weighted by atomic mass is 10.2. The average molecular weight is 176 g/mol. The number of rotatable bonds is 5. The summed E-state index contributed by atoms with van der Waals surface area (Å²) >= 11 is 0. The Balaban J connectivity index is 4.30. The molecule has 0 aromatic heterocycles. The summed E-state index contributed by atoms with van der Waals surface area (Å²) in [6.07, 6.45) is 0.749. The first-order chi connectivity index (χ1) is 5.71. The van der Waals surface area contributed by atoms with Crippen LogP contribution < -0.4 is 5.73 Å². The third-order valence-corrected chi connectivity index (χ3v) is 1.79. The molecule has 1 unspecified atom stereocenters. The predicted octanol–water partition coefficient (Wildman–Crippen LogP) is 0.312. The van der Waals surface area contributed by atoms with Gasteiger partial charge in [0, 0.05) is 6.54 Å². The van der Waals surface area contributed by atoms with Crippen LogP contribution in [-0.4, -0.2) is 34.3 Å². The monoisotopic (exact) mass is 176 g/mol. The van der Waals surface area contributed by atoms with E-state index in [1.807, 2.05) is 6.92 Å². The van der Waals surface area contributed by atoms with Crippen molar-refractivity contribution >= 4 is 0 Å². The molecule has 1 atom stereocenters. The van der Waals surface area contributed by atoms with Crippen molar-refractivity contribution < 1.29 is 10.2 Å². The van der Waals surface area contributed by atoms with Crippen LogP contribution in [0.1, 0.15) is 20.3 Å². The molecule has 3 N–H and O–H groups in total. The highest BCUT2D eigenvalue weighted by Gasteiger charge is 2.20. The Labute approximate surface area is 71.8 Å². The molecule has 6 heteroatoms. The molecular weight excluding hydrogens is 160 g/mol. The number of nitrogens with zero attached hydrogens (tertiary/aromatic N) is 3. The standard InChI is InChI=1S/C6H16N4O2/c1-3-6(5-7)9(4-2)10(12)8-11/h6,11H,3-5,7H2,1-2H3. The van der Waals surface area contributed by atoms with E-state index < -0.39 is 0 Å². The van der Waals surface area contributed by atoms with E-state index in [1.165, 1.54) is 5.01 Å². The van der Waals surface area contributed by atoms with Gasteiger partial charge in [-0.1, -0.05) is 6.92 Å². The van der Waals surface area contributed by atoms with Gasteiger partial charge in [0.05, 0.1) is 17.6 Å². The molecule has 0 rings (SSSR count). The Morgan fingerprint density at radius 3 is 2.50 bits per heavy atom. The molecule has 0 bridgehead atoms. The summed E-state index contributed by atoms with van der Waals surface area (Å²) in [6.45, 7) is 4.57. The van der Waals surface area contributed by atoms with Crippen molar-refractivity contribution in [2.45, 2.75) is 26.3 Å². The minimum Gasteiger partial charge on any atom is -0.569 e. The smallest absolute Gasteiger partial charge is 0.230 e. The van der Waals surface area contributed by atoms with Crippen molar-refractivity contribution in [2.24, 2.45) is 11.0 Å². The fourth-order valence-corrected chi connectivity index (χ4v) is 1.07. The molecule has 0 saturated heterocycles. The van der Waals surface area contributed by atoms with Gasteiger partial charge in [-0.05, 0) is 13.3 Å². The lowest BCUT2D eigenvalue weighted by Crippen LogP contribution is -2.44. The molecular formula is C6H16N4O2. The maximum Gasteiger partial charge on any atom is 0.230 e. The summed E-state index contributed by atoms with van der Waals surface area (Å²) in [4.78, 5) is 0.168. The molecule has 0 aliphatic rings. The molecule has 0 aliphatic carbocycles. The molecule has 0 spiro atoms. The summed E-state index contributed by atoms with van der Waals surface area (Å²) in [7, 11) is 0. The van der Waals surface area contributed by atoms with Crippen LogP contribution in [0.5, 0.6) is 0 Å². The average Bonchev–Trinajstić information content (AvgIpc) is 2.12. The van der Waals surface area contributed by atoms with Gasteiger partial charge in [0.1, 0.15) is 0 Å². The fraction of sp³-hybridized carbons (Fsp3) is 1.00. The number of hydrogen-bond acceptors (Lipinski definition) is 3. The molecule has 0 aromatic rings. The molecule has 0 aromatic carbocycles. The largest absolute Gasteiger partial charge is 0.569 e. The molecule has 72 valence electrons. The number of nitrogens with two attached hydrogens (primary N) is 1. The first kappa shape index (κ1) is 11.0. The second-order valence-electron chi connectivity index (χ2n) is 2.40. The Morgan fingerprint density at radius 1 is 1.67 bits per heavy atom. The highest BCUT2D eigenvalue weighted by Crippen LogP contribution is 2.02. The van der Waals surface area contributed by atoms with Crippen molar-refractivity contribution in [2.75, 3.05) is 13.1 Å². The van der Waals surface area contributed by atoms with Crippen LogP contribution in [0.2, 0.25) is 0 Å². The zero-order valence-electron chi connectivity index (χ0n) is 7.47. The van der Waals surface area contributed by atoms with Gasteiger partial charge in [-0.3, -0.25) is 0 Å². The number of hydrogen-bond donors (Lipinski definition) is 2. The van der Waals surface area contributed by atoms with Crippen LogP contribution in [0.4, 0.5) is 0 Å². The SMILES string of the molecule is CCC(CN)N(CC)[N+]([O-])=NO. The lowest BCUT2D eigenvalue weighted by Gasteiger charge is -2.23. The maximum absolute atomic E-state index is 10.9. The van der Waals surface area contributed by atoms with E-state index in [0.717, 1.165) is 6.42 Å². The zero-order chi connectivity index (χ0) is 9.56. The van der Waals surface area contributed by atoms with Crippen LogP contribution in [-0.2, 0) is 0 Å². The molecule has 0 saturated carbocycles. The van der Waals surface area contributed by atoms with Gasteiger partial charge in [0.25, 0.3) is 0 Å². The Hall–Kier alpha value is -1.04. The molecule has 0 amide bonds. The van der Waals surface area contributed by atoms with Crippen LogP contribution in [0.25, 0.3) is 0 Å². The van der Waals surface area contributed by atoms with E-state index in [-0.39, 0.29) is 11.0 Å². The van der Waals surface area contributed by atoms with Crippen molar-refractivity contribution in [1.29, 1.82) is 0 Å². The molecule has 0 radical (unpaired) electrons. The van der Waals surface area contributed by atoms with E-state index in [4.69, 9.17) is 10.9 Å². The second-order valence-corrected chi connectivity index (χ2v) is 2.40. The Kier molecular flexibility index (Phi) is 5.11. The molecule has 0 aliphatic heterocycles. The fourth-order valence-electron chi connectivity index (χ4n) is 1.07. The third-order valence-electron chi connectivity index (χ3n) is 1.79. The van der Waals surface area contributed by atoms with Crippen molar-refractivity contribution in [3.8, 4) is 0 Å². The summed E-state index contributed by atoms with van der Waals surface area (Å²) in [6, 6.07) is -0.0663. The predicted molar refractivity (Wildman–Crippen MR) is 43.4 cm³/mol. The maximum atomic E-state index is 10.9. The zero-order valence-corrected chi connectivity index (χ0v) is 7.47. The number of likely N-dealkylation sites (N-methyl/N-ethyl adjacent to an activating group) is 1. The Bertz CT molecular complexity index is 146. The highest BCUT2D eigenvalue weighted by atomic mass is 16.6. The van der Waals surface area contributed by atoms with E-state index in [2.05, 4.69) is 5.28 Å². The third kappa shape index (κ3) is 2.54. The van der Waals surface area contributed by atoms with Crippen molar-refractivity contribution in [1.82, 2.24) is 5.01 Å². The summed E-state index contributed by atoms with van der Waals surface area (Å²) in [5.74, 6) is 0. The van der Waals surface area contributed by atoms with E-state index in [1.54, 1.807) is 6.92 Å². The van der Waals surface area contributed by atoms with Gasteiger partial charge >= 0.3 is 0 Å². The van der Waals surface area contributed by atoms with E-state index in [9.17, 15) is 5.21 Å². The van der Waals surface area contributed by atoms with Crippen molar-refractivity contribution in [3.63, 3.8) is 0 Å². The van der Waals surface area contributed by atoms with Gasteiger partial charge < -0.3 is 16.1 Å². The van der Waals surface area contributed by atoms with Crippen LogP contribution >= 0.6 is 0 Å². The van der Waals surface area contributed by atoms with E-state index in [0.29, 0.717) is 13.1 Å². The summed E-state index contributed by atoms with van der Waals surface area (Å²) in [5, 5.41) is 23.0. The van der Waals surface area contributed by atoms with Gasteiger partial charge in [-0.15, -0.1) is 5.01 Å². The van der Waals surface area contributed by atoms with Gasteiger partial charge in [0.2, 0.25) is 5.28 Å². The van der Waals surface area contributed by atoms with Crippen molar-refractivity contribution in [3.05, 3.63) is 5.21 Å². The molecule has 0 fully saturated rings. The lowest BCUT2D eigenvalue weighted by molar-refractivity contribution is -0.716. The van der Waals surface area contributed by atoms with Crippen LogP contribution in [0, 0.1) is 5.21 Å². The highest BCUT2D eigenvalue weighted by molar-refractivity contribution is 4.62. The minimum atomic E-state index is -0.0663. The van der Waals surface area contributed by atoms with Gasteiger partial charge in [0.15, 0.2) is 0 Å². The molecule has 12 heavy (non-hydrogen) atoms. The van der Waals surface area contributed by atoms with Crippen LogP contribution in [0.3, 0.4) is 0 Å². The molecule has 0 heterocycles. The normalized spacial score (nSPS) is 14.4. The summed E-state index contributed by atoms with van der Waals surface area (Å²) in [5.41, 5.74) is 5.42. The van der Waals surface area contributed by atoms with E-state index >= 15 is 0 Å². The first-order valence-electron chi connectivity index (χ1n) is 4.00. The number of hydrazine groups is 1. The minimum absolute atomic E-state index is 0.0663. The second kappa shape index (κ2) is 5.59.